The van der Waals surface area contributed by atoms with Gasteiger partial charge in [0, 0.05) is 71.2 Å². The largest absolute Gasteiger partial charge is 0.466 e. The number of esters is 4. The van der Waals surface area contributed by atoms with Crippen LogP contribution in [0.3, 0.4) is 0 Å². The minimum atomic E-state index is -0.116. The van der Waals surface area contributed by atoms with Crippen LogP contribution >= 0.6 is 0 Å². The highest BCUT2D eigenvalue weighted by atomic mass is 16.6. The SMILES string of the molecule is CCCCCCCCCCCOC(=O)CCCCCN(CCCCCCCC(=O)OC(CCCCCCCC)CCCCCCCC)NC(=O)CCCN(C)CCC(=O)NN(CCCCCCC(=O)OC(CCCCCCCC)CCCCCCCC)CCCCCC(=O)OCCCCCCCCCCC. The molecule has 2 N–H and O–H groups in total. The molecule has 2 amide bonds. The number of carbonyl (C=O) groups excluding carboxylic acids is 6. The second kappa shape index (κ2) is 82.7. The van der Waals surface area contributed by atoms with Crippen molar-refractivity contribution in [3.8, 4) is 0 Å². The van der Waals surface area contributed by atoms with Crippen LogP contribution in [0.5, 0.6) is 0 Å². The van der Waals surface area contributed by atoms with E-state index in [2.05, 4.69) is 67.3 Å². The zero-order valence-corrected chi connectivity index (χ0v) is 71.3. The molecule has 0 radical (unpaired) electrons. The molecule has 0 aliphatic carbocycles. The van der Waals surface area contributed by atoms with Gasteiger partial charge in [0.2, 0.25) is 11.8 Å². The first-order valence-electron chi connectivity index (χ1n) is 46.4. The van der Waals surface area contributed by atoms with Gasteiger partial charge in [-0.15, -0.1) is 0 Å². The molecule has 0 aromatic carbocycles. The van der Waals surface area contributed by atoms with Crippen molar-refractivity contribution in [1.82, 2.24) is 25.8 Å². The van der Waals surface area contributed by atoms with Gasteiger partial charge in [-0.3, -0.25) is 39.6 Å². The quantitative estimate of drug-likeness (QED) is 0.0255. The lowest BCUT2D eigenvalue weighted by Crippen LogP contribution is -2.44. The number of ether oxygens (including phenoxy) is 4. The van der Waals surface area contributed by atoms with Crippen LogP contribution in [0.4, 0.5) is 0 Å². The van der Waals surface area contributed by atoms with Crippen LogP contribution in [0.1, 0.15) is 478 Å². The lowest BCUT2D eigenvalue weighted by molar-refractivity contribution is -0.151. The molecule has 15 nitrogen and oxygen atoms in total. The molecule has 0 aliphatic rings. The summed E-state index contributed by atoms with van der Waals surface area (Å²) in [6.45, 7) is 18.6. The highest BCUT2D eigenvalue weighted by Crippen LogP contribution is 2.22. The zero-order chi connectivity index (χ0) is 77.3. The molecule has 0 spiro atoms. The monoisotopic (exact) mass is 1500 g/mol. The van der Waals surface area contributed by atoms with Gasteiger partial charge in [-0.05, 0) is 136 Å². The standard InChI is InChI=1S/C91H177N5O10/c1-8-14-20-26-32-34-36-47-63-82-103-88(99)71-57-49-61-79-95(77-59-45-38-43-55-73-90(101)105-84(66-51-39-28-22-16-10-3)67-52-40-29-23-17-11-4)92-86(97)70-65-76-94(7)81-75-87(98)93-96(80-62-50-58-72-89(100)104-83-64-48-37-35-33-27-21-15-9-2)78-60-46-44-56-74-91(102)106-85(68-53-41-30-24-18-12-5)69-54-42-31-25-19-13-6/h84-85H,8-83H2,1-7H3,(H,92,97)(H,93,98). The van der Waals surface area contributed by atoms with Gasteiger partial charge >= 0.3 is 23.9 Å². The Bertz CT molecular complexity index is 1900. The maximum Gasteiger partial charge on any atom is 0.306 e. The number of hydrazine groups is 2. The number of amides is 2. The summed E-state index contributed by atoms with van der Waals surface area (Å²) < 4.78 is 23.5. The van der Waals surface area contributed by atoms with E-state index < -0.39 is 0 Å². The van der Waals surface area contributed by atoms with Crippen LogP contribution in [0.2, 0.25) is 0 Å². The first-order chi connectivity index (χ1) is 51.9. The van der Waals surface area contributed by atoms with Crippen LogP contribution in [0, 0.1) is 0 Å². The van der Waals surface area contributed by atoms with E-state index in [0.717, 1.165) is 180 Å². The van der Waals surface area contributed by atoms with Crippen molar-refractivity contribution < 1.29 is 47.7 Å². The van der Waals surface area contributed by atoms with Crippen molar-refractivity contribution in [2.24, 2.45) is 0 Å². The Morgan fingerprint density at radius 3 is 0.774 bits per heavy atom. The number of nitrogens with one attached hydrogen (secondary N) is 2. The topological polar surface area (TPSA) is 173 Å². The first-order valence-corrected chi connectivity index (χ1v) is 46.4. The van der Waals surface area contributed by atoms with E-state index in [1.807, 2.05) is 7.05 Å². The Labute approximate surface area is 655 Å². The molecule has 106 heavy (non-hydrogen) atoms. The summed E-state index contributed by atoms with van der Waals surface area (Å²) in [5, 5.41) is 4.13. The Morgan fingerprint density at radius 2 is 0.472 bits per heavy atom. The summed E-state index contributed by atoms with van der Waals surface area (Å²) in [4.78, 5) is 80.9. The van der Waals surface area contributed by atoms with Crippen molar-refractivity contribution >= 4 is 35.7 Å². The van der Waals surface area contributed by atoms with Gasteiger partial charge in [0.1, 0.15) is 12.2 Å². The third-order valence-corrected chi connectivity index (χ3v) is 21.4. The van der Waals surface area contributed by atoms with E-state index in [-0.39, 0.29) is 47.9 Å². The summed E-state index contributed by atoms with van der Waals surface area (Å²) in [5.74, 6) is -0.367. The zero-order valence-electron chi connectivity index (χ0n) is 71.3. The Hall–Kier alpha value is -3.30. The smallest absolute Gasteiger partial charge is 0.306 e. The summed E-state index contributed by atoms with van der Waals surface area (Å²) in [6.07, 6.45) is 72.5. The minimum absolute atomic E-state index is 0.0104. The highest BCUT2D eigenvalue weighted by Gasteiger charge is 2.19. The molecular weight excluding hydrogens is 1320 g/mol. The number of unbranched alkanes of at least 4 members (excludes halogenated alkanes) is 47. The summed E-state index contributed by atoms with van der Waals surface area (Å²) in [5.41, 5.74) is 6.46. The molecule has 0 rings (SSSR count). The van der Waals surface area contributed by atoms with Crippen molar-refractivity contribution in [2.75, 3.05) is 59.5 Å². The number of carbonyl (C=O) groups is 6. The second-order valence-corrected chi connectivity index (χ2v) is 32.1. The lowest BCUT2D eigenvalue weighted by Gasteiger charge is -2.24. The molecule has 0 heterocycles. The molecule has 0 aliphatic heterocycles. The predicted molar refractivity (Wildman–Crippen MR) is 447 cm³/mol. The Balaban J connectivity index is 5.48. The van der Waals surface area contributed by atoms with Crippen LogP contribution in [0.15, 0.2) is 0 Å². The van der Waals surface area contributed by atoms with Gasteiger partial charge in [0.25, 0.3) is 0 Å². The van der Waals surface area contributed by atoms with Crippen LogP contribution in [-0.2, 0) is 47.7 Å². The van der Waals surface area contributed by atoms with E-state index in [4.69, 9.17) is 18.9 Å². The predicted octanol–water partition coefficient (Wildman–Crippen LogP) is 25.1. The average molecular weight is 1500 g/mol. The molecular formula is C91H177N5O10. The summed E-state index contributed by atoms with van der Waals surface area (Å²) in [6, 6.07) is 0. The Kier molecular flexibility index (Phi) is 80.1. The van der Waals surface area contributed by atoms with Gasteiger partial charge in [-0.2, -0.15) is 0 Å². The molecule has 0 unspecified atom stereocenters. The van der Waals surface area contributed by atoms with E-state index in [9.17, 15) is 28.8 Å². The summed E-state index contributed by atoms with van der Waals surface area (Å²) in [7, 11) is 2.01. The van der Waals surface area contributed by atoms with Gasteiger partial charge in [0.15, 0.2) is 0 Å². The van der Waals surface area contributed by atoms with E-state index >= 15 is 0 Å². The van der Waals surface area contributed by atoms with Gasteiger partial charge < -0.3 is 23.8 Å². The number of hydrogen-bond acceptors (Lipinski definition) is 13. The lowest BCUT2D eigenvalue weighted by atomic mass is 10.0. The fourth-order valence-corrected chi connectivity index (χ4v) is 14.3. The number of nitrogens with zero attached hydrogens (tertiary/aromatic N) is 3. The third-order valence-electron chi connectivity index (χ3n) is 21.4. The fourth-order valence-electron chi connectivity index (χ4n) is 14.3. The molecule has 626 valence electrons. The molecule has 0 saturated carbocycles. The molecule has 0 aromatic heterocycles. The molecule has 0 atom stereocenters. The fraction of sp³-hybridized carbons (Fsp3) is 0.934. The van der Waals surface area contributed by atoms with Crippen molar-refractivity contribution in [3.63, 3.8) is 0 Å². The molecule has 15 heteroatoms. The van der Waals surface area contributed by atoms with Crippen molar-refractivity contribution in [1.29, 1.82) is 0 Å². The van der Waals surface area contributed by atoms with Gasteiger partial charge in [-0.1, -0.05) is 318 Å². The number of rotatable bonds is 86. The maximum atomic E-state index is 13.6. The third kappa shape index (κ3) is 76.1. The van der Waals surface area contributed by atoms with E-state index in [0.29, 0.717) is 90.9 Å². The number of hydrogen-bond donors (Lipinski definition) is 2. The van der Waals surface area contributed by atoms with E-state index in [1.54, 1.807) is 0 Å². The maximum absolute atomic E-state index is 13.6. The Morgan fingerprint density at radius 1 is 0.236 bits per heavy atom. The second-order valence-electron chi connectivity index (χ2n) is 32.1. The average Bonchev–Trinajstić information content (AvgIpc) is 2.60. The molecule has 0 aromatic rings. The molecule has 0 bridgehead atoms. The van der Waals surface area contributed by atoms with Gasteiger partial charge in [0.05, 0.1) is 13.2 Å². The van der Waals surface area contributed by atoms with Crippen molar-refractivity contribution in [2.45, 2.75) is 490 Å². The van der Waals surface area contributed by atoms with Crippen LogP contribution < -0.4 is 10.9 Å². The molecule has 0 saturated heterocycles. The first kappa shape index (κ1) is 103. The van der Waals surface area contributed by atoms with Crippen LogP contribution in [-0.4, -0.2) is 122 Å². The van der Waals surface area contributed by atoms with Crippen molar-refractivity contribution in [3.05, 3.63) is 0 Å². The van der Waals surface area contributed by atoms with E-state index in [1.165, 1.54) is 218 Å². The van der Waals surface area contributed by atoms with Crippen LogP contribution in [0.25, 0.3) is 0 Å². The highest BCUT2D eigenvalue weighted by molar-refractivity contribution is 5.76. The molecule has 0 fully saturated rings. The summed E-state index contributed by atoms with van der Waals surface area (Å²) >= 11 is 0. The minimum Gasteiger partial charge on any atom is -0.466 e. The van der Waals surface area contributed by atoms with Gasteiger partial charge in [-0.25, -0.2) is 10.0 Å². The normalized spacial score (nSPS) is 11.7.